The molecule has 0 N–H and O–H groups in total. The third-order valence-corrected chi connectivity index (χ3v) is 4.84. The molecule has 0 atom stereocenters. The fourth-order valence-electron chi connectivity index (χ4n) is 2.47. The number of carbonyl (C=O) groups excluding carboxylic acids is 1. The number of amides is 1. The largest absolute Gasteiger partial charge is 0.383 e. The Balaban J connectivity index is 1.73. The number of aromatic nitrogens is 3. The lowest BCUT2D eigenvalue weighted by molar-refractivity contribution is -0.118. The van der Waals surface area contributed by atoms with Crippen LogP contribution in [-0.2, 0) is 16.0 Å². The van der Waals surface area contributed by atoms with Crippen molar-refractivity contribution in [1.82, 2.24) is 15.2 Å². The zero-order valence-electron chi connectivity index (χ0n) is 14.5. The summed E-state index contributed by atoms with van der Waals surface area (Å²) in [6.45, 7) is 0.894. The average Bonchev–Trinajstić information content (AvgIpc) is 3.18. The second-order valence-electron chi connectivity index (χ2n) is 5.66. The average molecular weight is 368 g/mol. The van der Waals surface area contributed by atoms with E-state index in [2.05, 4.69) is 15.2 Å². The number of anilines is 1. The molecule has 0 aliphatic heterocycles. The fraction of sp³-hybridized carbons (Fsp3) is 0.263. The van der Waals surface area contributed by atoms with Gasteiger partial charge in [0.25, 0.3) is 0 Å². The summed E-state index contributed by atoms with van der Waals surface area (Å²) in [5.41, 5.74) is 2.03. The van der Waals surface area contributed by atoms with E-state index in [9.17, 15) is 4.79 Å². The van der Waals surface area contributed by atoms with Crippen molar-refractivity contribution in [2.45, 2.75) is 12.8 Å². The third-order valence-electron chi connectivity index (χ3n) is 3.84. The Labute approximate surface area is 156 Å². The normalized spacial score (nSPS) is 10.7. The minimum atomic E-state index is 0.0137. The zero-order chi connectivity index (χ0) is 18.2. The zero-order valence-corrected chi connectivity index (χ0v) is 15.4. The molecule has 0 saturated carbocycles. The van der Waals surface area contributed by atoms with Crippen molar-refractivity contribution >= 4 is 22.4 Å². The van der Waals surface area contributed by atoms with Gasteiger partial charge in [-0.15, -0.1) is 10.2 Å². The van der Waals surface area contributed by atoms with E-state index in [-0.39, 0.29) is 5.91 Å². The van der Waals surface area contributed by atoms with Crippen LogP contribution in [0.25, 0.3) is 10.6 Å². The van der Waals surface area contributed by atoms with Gasteiger partial charge in [-0.3, -0.25) is 14.7 Å². The number of rotatable bonds is 8. The molecule has 26 heavy (non-hydrogen) atoms. The van der Waals surface area contributed by atoms with Gasteiger partial charge < -0.3 is 4.74 Å². The van der Waals surface area contributed by atoms with Crippen molar-refractivity contribution in [2.24, 2.45) is 0 Å². The maximum Gasteiger partial charge on any atom is 0.229 e. The van der Waals surface area contributed by atoms with E-state index in [1.807, 2.05) is 42.5 Å². The summed E-state index contributed by atoms with van der Waals surface area (Å²) in [6, 6.07) is 13.8. The maximum atomic E-state index is 12.8. The molecule has 1 aromatic carbocycles. The highest BCUT2D eigenvalue weighted by molar-refractivity contribution is 7.18. The van der Waals surface area contributed by atoms with Crippen LogP contribution < -0.4 is 4.90 Å². The van der Waals surface area contributed by atoms with Crippen LogP contribution in [0.2, 0.25) is 0 Å². The van der Waals surface area contributed by atoms with E-state index in [1.165, 1.54) is 11.3 Å². The number of hydrogen-bond acceptors (Lipinski definition) is 6. The smallest absolute Gasteiger partial charge is 0.229 e. The summed E-state index contributed by atoms with van der Waals surface area (Å²) in [6.07, 6.45) is 4.55. The van der Waals surface area contributed by atoms with Crippen molar-refractivity contribution < 1.29 is 9.53 Å². The summed E-state index contributed by atoms with van der Waals surface area (Å²) in [5.74, 6) is 0.0137. The van der Waals surface area contributed by atoms with E-state index in [0.717, 1.165) is 16.1 Å². The van der Waals surface area contributed by atoms with Crippen molar-refractivity contribution in [3.05, 3.63) is 60.4 Å². The van der Waals surface area contributed by atoms with Crippen LogP contribution in [-0.4, -0.2) is 41.3 Å². The number of benzene rings is 1. The van der Waals surface area contributed by atoms with Gasteiger partial charge in [0.1, 0.15) is 0 Å². The second-order valence-corrected chi connectivity index (χ2v) is 6.61. The molecule has 0 saturated heterocycles. The van der Waals surface area contributed by atoms with Gasteiger partial charge in [0, 0.05) is 31.5 Å². The quantitative estimate of drug-likeness (QED) is 0.611. The van der Waals surface area contributed by atoms with Gasteiger partial charge in [0.2, 0.25) is 11.0 Å². The van der Waals surface area contributed by atoms with Crippen LogP contribution >= 0.6 is 11.3 Å². The van der Waals surface area contributed by atoms with Crippen LogP contribution in [0.5, 0.6) is 0 Å². The Morgan fingerprint density at radius 3 is 2.73 bits per heavy atom. The number of pyridine rings is 1. The molecule has 0 bridgehead atoms. The highest BCUT2D eigenvalue weighted by Gasteiger charge is 2.20. The number of ether oxygens (including phenoxy) is 1. The lowest BCUT2D eigenvalue weighted by Crippen LogP contribution is -2.34. The first-order chi connectivity index (χ1) is 12.8. The molecule has 3 aromatic rings. The molecule has 6 nitrogen and oxygen atoms in total. The number of nitrogens with zero attached hydrogens (tertiary/aromatic N) is 4. The predicted octanol–water partition coefficient (Wildman–Crippen LogP) is 3.21. The van der Waals surface area contributed by atoms with E-state index in [4.69, 9.17) is 4.74 Å². The van der Waals surface area contributed by atoms with E-state index >= 15 is 0 Å². The van der Waals surface area contributed by atoms with Crippen molar-refractivity contribution in [2.75, 3.05) is 25.2 Å². The Morgan fingerprint density at radius 2 is 2.00 bits per heavy atom. The Kier molecular flexibility index (Phi) is 6.40. The SMILES string of the molecule is COCCN(C(=O)CCc1ccccc1)c1nnc(-c2cccnc2)s1. The van der Waals surface area contributed by atoms with Gasteiger partial charge in [-0.05, 0) is 24.1 Å². The summed E-state index contributed by atoms with van der Waals surface area (Å²) >= 11 is 1.38. The third kappa shape index (κ3) is 4.71. The second kappa shape index (κ2) is 9.17. The first-order valence-electron chi connectivity index (χ1n) is 8.35. The van der Waals surface area contributed by atoms with Crippen LogP contribution in [0.4, 0.5) is 5.13 Å². The molecule has 0 aliphatic rings. The molecule has 0 unspecified atom stereocenters. The van der Waals surface area contributed by atoms with Crippen LogP contribution in [0.15, 0.2) is 54.9 Å². The number of carbonyl (C=O) groups is 1. The molecule has 0 aliphatic carbocycles. The van der Waals surface area contributed by atoms with Crippen LogP contribution in [0.1, 0.15) is 12.0 Å². The van der Waals surface area contributed by atoms with E-state index in [1.54, 1.807) is 24.4 Å². The number of aryl methyl sites for hydroxylation is 1. The Bertz CT molecular complexity index is 824. The minimum absolute atomic E-state index is 0.0137. The van der Waals surface area contributed by atoms with Gasteiger partial charge in [0.05, 0.1) is 13.2 Å². The van der Waals surface area contributed by atoms with Crippen LogP contribution in [0, 0.1) is 0 Å². The molecule has 0 spiro atoms. The molecule has 2 heterocycles. The number of hydrogen-bond donors (Lipinski definition) is 0. The monoisotopic (exact) mass is 368 g/mol. The van der Waals surface area contributed by atoms with Gasteiger partial charge in [-0.2, -0.15) is 0 Å². The molecular formula is C19H20N4O2S. The lowest BCUT2D eigenvalue weighted by atomic mass is 10.1. The maximum absolute atomic E-state index is 12.8. The minimum Gasteiger partial charge on any atom is -0.383 e. The Morgan fingerprint density at radius 1 is 1.15 bits per heavy atom. The summed E-state index contributed by atoms with van der Waals surface area (Å²) in [4.78, 5) is 18.5. The molecule has 0 radical (unpaired) electrons. The van der Waals surface area contributed by atoms with Gasteiger partial charge >= 0.3 is 0 Å². The molecule has 0 fully saturated rings. The van der Waals surface area contributed by atoms with Crippen molar-refractivity contribution in [3.8, 4) is 10.6 Å². The van der Waals surface area contributed by atoms with E-state index in [0.29, 0.717) is 31.1 Å². The van der Waals surface area contributed by atoms with Gasteiger partial charge in [0.15, 0.2) is 5.01 Å². The molecular weight excluding hydrogens is 348 g/mol. The Hall–Kier alpha value is -2.64. The topological polar surface area (TPSA) is 68.2 Å². The molecule has 2 aromatic heterocycles. The summed E-state index contributed by atoms with van der Waals surface area (Å²) in [7, 11) is 1.62. The van der Waals surface area contributed by atoms with Gasteiger partial charge in [-0.25, -0.2) is 0 Å². The van der Waals surface area contributed by atoms with Crippen molar-refractivity contribution in [3.63, 3.8) is 0 Å². The molecule has 7 heteroatoms. The molecule has 3 rings (SSSR count). The number of methoxy groups -OCH3 is 1. The van der Waals surface area contributed by atoms with Crippen molar-refractivity contribution in [1.29, 1.82) is 0 Å². The highest BCUT2D eigenvalue weighted by Crippen LogP contribution is 2.28. The van der Waals surface area contributed by atoms with Gasteiger partial charge in [-0.1, -0.05) is 41.7 Å². The van der Waals surface area contributed by atoms with Crippen LogP contribution in [0.3, 0.4) is 0 Å². The molecule has 134 valence electrons. The first-order valence-corrected chi connectivity index (χ1v) is 9.16. The first kappa shape index (κ1) is 18.2. The standard InChI is InChI=1S/C19H20N4O2S/c1-25-13-12-23(17(24)10-9-15-6-3-2-4-7-15)19-22-21-18(26-19)16-8-5-11-20-14-16/h2-8,11,14H,9-10,12-13H2,1H3. The predicted molar refractivity (Wildman–Crippen MR) is 102 cm³/mol. The summed E-state index contributed by atoms with van der Waals surface area (Å²) < 4.78 is 5.15. The summed E-state index contributed by atoms with van der Waals surface area (Å²) in [5, 5.41) is 9.75. The molecule has 1 amide bonds. The van der Waals surface area contributed by atoms with E-state index < -0.39 is 0 Å². The highest BCUT2D eigenvalue weighted by atomic mass is 32.1. The fourth-order valence-corrected chi connectivity index (χ4v) is 3.35. The lowest BCUT2D eigenvalue weighted by Gasteiger charge is -2.18.